The SMILES string of the molecule is NC(=O)C(NC(=O)c1sc2sccc2c1Cl)C(N)=O. The molecule has 5 N–H and O–H groups in total. The molecule has 0 bridgehead atoms. The highest BCUT2D eigenvalue weighted by atomic mass is 35.5. The highest BCUT2D eigenvalue weighted by molar-refractivity contribution is 7.38. The average molecular weight is 318 g/mol. The number of amides is 3. The number of thiophene rings is 2. The number of halogens is 1. The summed E-state index contributed by atoms with van der Waals surface area (Å²) in [5, 5.41) is 5.06. The lowest BCUT2D eigenvalue weighted by molar-refractivity contribution is -0.128. The second kappa shape index (κ2) is 5.16. The number of rotatable bonds is 4. The van der Waals surface area contributed by atoms with E-state index in [1.165, 1.54) is 22.7 Å². The number of carbonyl (C=O) groups excluding carboxylic acids is 3. The standard InChI is InChI=1S/C10H8ClN3O3S2/c11-4-3-1-2-18-10(3)19-6(4)9(17)14-5(7(12)15)8(13)16/h1-2,5H,(H2,12,15)(H2,13,16)(H,14,17). The summed E-state index contributed by atoms with van der Waals surface area (Å²) < 4.78 is 0.879. The first-order valence-corrected chi connectivity index (χ1v) is 7.04. The van der Waals surface area contributed by atoms with Crippen LogP contribution in [0.15, 0.2) is 11.4 Å². The van der Waals surface area contributed by atoms with Crippen molar-refractivity contribution in [3.8, 4) is 0 Å². The van der Waals surface area contributed by atoms with Crippen LogP contribution in [0.4, 0.5) is 0 Å². The van der Waals surface area contributed by atoms with Crippen molar-refractivity contribution < 1.29 is 14.4 Å². The van der Waals surface area contributed by atoms with Gasteiger partial charge in [0.05, 0.1) is 9.04 Å². The second-order valence-corrected chi connectivity index (χ2v) is 6.15. The maximum Gasteiger partial charge on any atom is 0.263 e. The van der Waals surface area contributed by atoms with Crippen molar-refractivity contribution in [3.05, 3.63) is 21.3 Å². The largest absolute Gasteiger partial charge is 0.367 e. The van der Waals surface area contributed by atoms with Crippen LogP contribution in [0, 0.1) is 0 Å². The van der Waals surface area contributed by atoms with Gasteiger partial charge in [-0.05, 0) is 11.4 Å². The summed E-state index contributed by atoms with van der Waals surface area (Å²) in [5.41, 5.74) is 9.95. The molecule has 3 amide bonds. The quantitative estimate of drug-likeness (QED) is 0.720. The lowest BCUT2D eigenvalue weighted by Crippen LogP contribution is -2.52. The molecule has 0 aliphatic rings. The van der Waals surface area contributed by atoms with E-state index in [-0.39, 0.29) is 9.90 Å². The van der Waals surface area contributed by atoms with Gasteiger partial charge in [0.1, 0.15) is 4.88 Å². The minimum Gasteiger partial charge on any atom is -0.367 e. The molecule has 0 saturated carbocycles. The van der Waals surface area contributed by atoms with Crippen molar-refractivity contribution in [2.75, 3.05) is 0 Å². The summed E-state index contributed by atoms with van der Waals surface area (Å²) >= 11 is 8.68. The first-order valence-electron chi connectivity index (χ1n) is 4.96. The summed E-state index contributed by atoms with van der Waals surface area (Å²) in [6.07, 6.45) is 0. The van der Waals surface area contributed by atoms with Crippen LogP contribution in [0.2, 0.25) is 5.02 Å². The van der Waals surface area contributed by atoms with Crippen LogP contribution < -0.4 is 16.8 Å². The Kier molecular flexibility index (Phi) is 3.74. The van der Waals surface area contributed by atoms with E-state index >= 15 is 0 Å². The summed E-state index contributed by atoms with van der Waals surface area (Å²) in [6.45, 7) is 0. The lowest BCUT2D eigenvalue weighted by atomic mass is 10.2. The molecule has 0 unspecified atom stereocenters. The fraction of sp³-hybridized carbons (Fsp3) is 0.100. The van der Waals surface area contributed by atoms with Crippen LogP contribution in [-0.4, -0.2) is 23.8 Å². The summed E-state index contributed by atoms with van der Waals surface area (Å²) in [5.74, 6) is -2.69. The molecule has 2 aromatic heterocycles. The van der Waals surface area contributed by atoms with E-state index in [1.54, 1.807) is 6.07 Å². The van der Waals surface area contributed by atoms with Gasteiger partial charge in [0, 0.05) is 5.39 Å². The van der Waals surface area contributed by atoms with E-state index < -0.39 is 23.8 Å². The van der Waals surface area contributed by atoms with Crippen LogP contribution in [0.25, 0.3) is 9.40 Å². The molecular formula is C10H8ClN3O3S2. The molecule has 6 nitrogen and oxygen atoms in total. The Morgan fingerprint density at radius 1 is 1.26 bits per heavy atom. The minimum absolute atomic E-state index is 0.219. The maximum atomic E-state index is 12.0. The van der Waals surface area contributed by atoms with Gasteiger partial charge in [-0.1, -0.05) is 11.6 Å². The fourth-order valence-corrected chi connectivity index (χ4v) is 3.94. The third-order valence-electron chi connectivity index (χ3n) is 2.31. The van der Waals surface area contributed by atoms with Gasteiger partial charge in [-0.25, -0.2) is 0 Å². The van der Waals surface area contributed by atoms with Gasteiger partial charge in [-0.2, -0.15) is 0 Å². The number of nitrogens with one attached hydrogen (secondary N) is 1. The Labute approximate surface area is 120 Å². The smallest absolute Gasteiger partial charge is 0.263 e. The van der Waals surface area contributed by atoms with E-state index in [0.29, 0.717) is 0 Å². The zero-order valence-electron chi connectivity index (χ0n) is 9.31. The number of hydrogen-bond acceptors (Lipinski definition) is 5. The molecule has 0 spiro atoms. The van der Waals surface area contributed by atoms with Gasteiger partial charge in [-0.15, -0.1) is 22.7 Å². The molecule has 0 saturated heterocycles. The van der Waals surface area contributed by atoms with Crippen LogP contribution in [-0.2, 0) is 9.59 Å². The predicted octanol–water partition coefficient (Wildman–Crippen LogP) is 0.685. The van der Waals surface area contributed by atoms with Gasteiger partial charge < -0.3 is 16.8 Å². The summed E-state index contributed by atoms with van der Waals surface area (Å²) in [4.78, 5) is 34.2. The van der Waals surface area contributed by atoms with Crippen LogP contribution in [0.1, 0.15) is 9.67 Å². The van der Waals surface area contributed by atoms with Crippen LogP contribution in [0.3, 0.4) is 0 Å². The topological polar surface area (TPSA) is 115 Å². The normalized spacial score (nSPS) is 10.8. The van der Waals surface area contributed by atoms with Crippen LogP contribution in [0.5, 0.6) is 0 Å². The van der Waals surface area contributed by atoms with Crippen LogP contribution >= 0.6 is 34.3 Å². The second-order valence-electron chi connectivity index (χ2n) is 3.58. The average Bonchev–Trinajstić information content (AvgIpc) is 2.88. The molecule has 2 rings (SSSR count). The molecule has 19 heavy (non-hydrogen) atoms. The first-order chi connectivity index (χ1) is 8.91. The fourth-order valence-electron chi connectivity index (χ4n) is 1.42. The Morgan fingerprint density at radius 3 is 2.42 bits per heavy atom. The third kappa shape index (κ3) is 2.55. The minimum atomic E-state index is -1.55. The molecule has 2 heterocycles. The zero-order valence-corrected chi connectivity index (χ0v) is 11.7. The monoisotopic (exact) mass is 317 g/mol. The molecule has 9 heteroatoms. The van der Waals surface area contributed by atoms with E-state index in [0.717, 1.165) is 9.40 Å². The summed E-state index contributed by atoms with van der Waals surface area (Å²) in [6, 6.07) is 0.235. The van der Waals surface area contributed by atoms with E-state index in [2.05, 4.69) is 5.32 Å². The predicted molar refractivity (Wildman–Crippen MR) is 74.4 cm³/mol. The van der Waals surface area contributed by atoms with Crippen molar-refractivity contribution in [2.45, 2.75) is 6.04 Å². The molecule has 100 valence electrons. The van der Waals surface area contributed by atoms with Crippen molar-refractivity contribution in [1.29, 1.82) is 0 Å². The molecule has 0 atom stereocenters. The highest BCUT2D eigenvalue weighted by Gasteiger charge is 2.26. The van der Waals surface area contributed by atoms with Crippen molar-refractivity contribution in [1.82, 2.24) is 5.32 Å². The number of nitrogens with two attached hydrogens (primary N) is 2. The Hall–Kier alpha value is -1.64. The number of hydrogen-bond donors (Lipinski definition) is 3. The van der Waals surface area contributed by atoms with E-state index in [1.807, 2.05) is 5.38 Å². The van der Waals surface area contributed by atoms with Gasteiger partial charge in [0.15, 0.2) is 6.04 Å². The molecule has 0 aliphatic carbocycles. The van der Waals surface area contributed by atoms with Gasteiger partial charge in [-0.3, -0.25) is 14.4 Å². The highest BCUT2D eigenvalue weighted by Crippen LogP contribution is 2.38. The number of fused-ring (bicyclic) bond motifs is 1. The van der Waals surface area contributed by atoms with Gasteiger partial charge >= 0.3 is 0 Å². The van der Waals surface area contributed by atoms with Gasteiger partial charge in [0.25, 0.3) is 5.91 Å². The molecular weight excluding hydrogens is 310 g/mol. The molecule has 0 radical (unpaired) electrons. The number of primary amides is 2. The maximum absolute atomic E-state index is 12.0. The Balaban J connectivity index is 2.28. The van der Waals surface area contributed by atoms with Crippen molar-refractivity contribution >= 4 is 61.4 Å². The van der Waals surface area contributed by atoms with E-state index in [9.17, 15) is 14.4 Å². The molecule has 2 aromatic rings. The van der Waals surface area contributed by atoms with Crippen molar-refractivity contribution in [2.24, 2.45) is 11.5 Å². The Morgan fingerprint density at radius 2 is 1.89 bits per heavy atom. The van der Waals surface area contributed by atoms with Crippen molar-refractivity contribution in [3.63, 3.8) is 0 Å². The van der Waals surface area contributed by atoms with E-state index in [4.69, 9.17) is 23.1 Å². The third-order valence-corrected chi connectivity index (χ3v) is 5.06. The molecule has 0 aliphatic heterocycles. The molecule has 0 aromatic carbocycles. The Bertz CT molecular complexity index is 665. The summed E-state index contributed by atoms with van der Waals surface area (Å²) in [7, 11) is 0. The lowest BCUT2D eigenvalue weighted by Gasteiger charge is -2.10. The first kappa shape index (κ1) is 13.8. The van der Waals surface area contributed by atoms with Gasteiger partial charge in [0.2, 0.25) is 11.8 Å². The molecule has 0 fully saturated rings. The number of carbonyl (C=O) groups is 3. The zero-order chi connectivity index (χ0) is 14.2.